The highest BCUT2D eigenvalue weighted by Gasteiger charge is 2.30. The molecule has 1 fully saturated rings. The molecule has 1 aromatic carbocycles. The van der Waals surface area contributed by atoms with Gasteiger partial charge in [-0.3, -0.25) is 9.59 Å². The van der Waals surface area contributed by atoms with Crippen molar-refractivity contribution in [3.05, 3.63) is 22.7 Å². The summed E-state index contributed by atoms with van der Waals surface area (Å²) in [5.74, 6) is -0.827. The van der Waals surface area contributed by atoms with Gasteiger partial charge in [-0.15, -0.1) is 0 Å². The van der Waals surface area contributed by atoms with Crippen LogP contribution in [0, 0.1) is 11.8 Å². The minimum Gasteiger partial charge on any atom is -0.345 e. The number of halogens is 1. The minimum absolute atomic E-state index is 0.0282. The van der Waals surface area contributed by atoms with Crippen LogP contribution in [-0.4, -0.2) is 32.5 Å². The molecule has 1 saturated carbocycles. The molecule has 1 aliphatic carbocycles. The van der Waals surface area contributed by atoms with E-state index in [1.165, 1.54) is 12.1 Å². The zero-order chi connectivity index (χ0) is 19.5. The van der Waals surface area contributed by atoms with Gasteiger partial charge in [-0.25, -0.2) is 8.42 Å². The Balaban J connectivity index is 2.12. The number of anilines is 1. The van der Waals surface area contributed by atoms with Gasteiger partial charge in [0.2, 0.25) is 0 Å². The molecule has 2 atom stereocenters. The quantitative estimate of drug-likeness (QED) is 0.697. The van der Waals surface area contributed by atoms with Crippen LogP contribution in [0.25, 0.3) is 0 Å². The topological polar surface area (TPSA) is 92.3 Å². The van der Waals surface area contributed by atoms with Gasteiger partial charge in [0.05, 0.1) is 10.6 Å². The standard InChI is InChI=1S/C18H25BrN2O4S/c1-11(2)13-6-4-5-7-14(13)20-17(22)18(23)21-15-10-12(19)8-9-16(15)26(3,24)25/h8-11,13-14H,4-7H2,1-3H3,(H,20,22)(H,21,23). The Morgan fingerprint density at radius 1 is 1.15 bits per heavy atom. The lowest BCUT2D eigenvalue weighted by atomic mass is 9.78. The third kappa shape index (κ3) is 5.30. The Bertz CT molecular complexity index is 792. The average molecular weight is 445 g/mol. The van der Waals surface area contributed by atoms with Crippen molar-refractivity contribution in [1.29, 1.82) is 0 Å². The van der Waals surface area contributed by atoms with E-state index in [1.54, 1.807) is 6.07 Å². The highest BCUT2D eigenvalue weighted by molar-refractivity contribution is 9.10. The molecule has 0 aliphatic heterocycles. The van der Waals surface area contributed by atoms with E-state index >= 15 is 0 Å². The number of nitrogens with one attached hydrogen (secondary N) is 2. The zero-order valence-corrected chi connectivity index (χ0v) is 17.6. The number of hydrogen-bond acceptors (Lipinski definition) is 4. The summed E-state index contributed by atoms with van der Waals surface area (Å²) >= 11 is 3.25. The van der Waals surface area contributed by atoms with Gasteiger partial charge in [-0.1, -0.05) is 42.6 Å². The summed E-state index contributed by atoms with van der Waals surface area (Å²) in [6, 6.07) is 4.41. The van der Waals surface area contributed by atoms with Gasteiger partial charge < -0.3 is 10.6 Å². The summed E-state index contributed by atoms with van der Waals surface area (Å²) in [6.45, 7) is 4.24. The first-order chi connectivity index (χ1) is 12.1. The highest BCUT2D eigenvalue weighted by atomic mass is 79.9. The molecule has 144 valence electrons. The Kier molecular flexibility index (Phi) is 6.85. The van der Waals surface area contributed by atoms with Crippen LogP contribution in [0.15, 0.2) is 27.6 Å². The molecule has 26 heavy (non-hydrogen) atoms. The Labute approximate surface area is 163 Å². The van der Waals surface area contributed by atoms with E-state index in [0.717, 1.165) is 31.9 Å². The van der Waals surface area contributed by atoms with Crippen LogP contribution in [0.5, 0.6) is 0 Å². The molecule has 2 unspecified atom stereocenters. The van der Waals surface area contributed by atoms with Gasteiger partial charge in [0.25, 0.3) is 0 Å². The molecule has 0 saturated heterocycles. The number of amides is 2. The summed E-state index contributed by atoms with van der Waals surface area (Å²) in [7, 11) is -3.54. The second-order valence-electron chi connectivity index (χ2n) is 7.14. The Morgan fingerprint density at radius 3 is 2.42 bits per heavy atom. The summed E-state index contributed by atoms with van der Waals surface area (Å²) in [5.41, 5.74) is 0.0890. The lowest BCUT2D eigenvalue weighted by Gasteiger charge is -2.34. The van der Waals surface area contributed by atoms with E-state index in [2.05, 4.69) is 40.4 Å². The van der Waals surface area contributed by atoms with Gasteiger partial charge >= 0.3 is 11.8 Å². The van der Waals surface area contributed by atoms with E-state index in [1.807, 2.05) is 0 Å². The van der Waals surface area contributed by atoms with Crippen molar-refractivity contribution in [3.63, 3.8) is 0 Å². The maximum absolute atomic E-state index is 12.3. The van der Waals surface area contributed by atoms with Crippen molar-refractivity contribution < 1.29 is 18.0 Å². The molecule has 2 rings (SSSR count). The maximum Gasteiger partial charge on any atom is 0.313 e. The van der Waals surface area contributed by atoms with Crippen molar-refractivity contribution in [2.75, 3.05) is 11.6 Å². The largest absolute Gasteiger partial charge is 0.345 e. The van der Waals surface area contributed by atoms with E-state index in [4.69, 9.17) is 0 Å². The van der Waals surface area contributed by atoms with Crippen LogP contribution in [0.4, 0.5) is 5.69 Å². The highest BCUT2D eigenvalue weighted by Crippen LogP contribution is 2.30. The van der Waals surface area contributed by atoms with Crippen molar-refractivity contribution in [3.8, 4) is 0 Å². The molecular weight excluding hydrogens is 420 g/mol. The number of benzene rings is 1. The molecule has 0 bridgehead atoms. The number of sulfone groups is 1. The predicted molar refractivity (Wildman–Crippen MR) is 105 cm³/mol. The molecule has 1 aliphatic rings. The second-order valence-corrected chi connectivity index (χ2v) is 10.0. The SMILES string of the molecule is CC(C)C1CCCCC1NC(=O)C(=O)Nc1cc(Br)ccc1S(C)(=O)=O. The first kappa shape index (κ1) is 20.9. The molecule has 0 heterocycles. The molecule has 2 amide bonds. The third-order valence-electron chi connectivity index (χ3n) is 4.79. The fraction of sp³-hybridized carbons (Fsp3) is 0.556. The summed E-state index contributed by atoms with van der Waals surface area (Å²) in [6.07, 6.45) is 5.11. The number of hydrogen-bond donors (Lipinski definition) is 2. The molecule has 0 spiro atoms. The van der Waals surface area contributed by atoms with Crippen LogP contribution in [-0.2, 0) is 19.4 Å². The fourth-order valence-electron chi connectivity index (χ4n) is 3.47. The zero-order valence-electron chi connectivity index (χ0n) is 15.2. The van der Waals surface area contributed by atoms with E-state index in [9.17, 15) is 18.0 Å². The van der Waals surface area contributed by atoms with E-state index in [-0.39, 0.29) is 16.6 Å². The second kappa shape index (κ2) is 8.52. The summed E-state index contributed by atoms with van der Waals surface area (Å²) in [5, 5.41) is 5.26. The normalized spacial score (nSPS) is 20.7. The van der Waals surface area contributed by atoms with Crippen molar-refractivity contribution >= 4 is 43.3 Å². The van der Waals surface area contributed by atoms with Crippen LogP contribution >= 0.6 is 15.9 Å². The third-order valence-corrected chi connectivity index (χ3v) is 6.44. The van der Waals surface area contributed by atoms with Crippen molar-refractivity contribution in [2.45, 2.75) is 50.5 Å². The first-order valence-corrected chi connectivity index (χ1v) is 11.4. The molecule has 0 aromatic heterocycles. The van der Waals surface area contributed by atoms with Crippen LogP contribution in [0.1, 0.15) is 39.5 Å². The maximum atomic E-state index is 12.3. The van der Waals surface area contributed by atoms with Gasteiger partial charge in [0.15, 0.2) is 9.84 Å². The Hall–Kier alpha value is -1.41. The number of carbonyl (C=O) groups excluding carboxylic acids is 2. The number of carbonyl (C=O) groups is 2. The molecular formula is C18H25BrN2O4S. The first-order valence-electron chi connectivity index (χ1n) is 8.71. The van der Waals surface area contributed by atoms with Gasteiger partial charge in [0.1, 0.15) is 0 Å². The smallest absolute Gasteiger partial charge is 0.313 e. The Morgan fingerprint density at radius 2 is 1.81 bits per heavy atom. The summed E-state index contributed by atoms with van der Waals surface area (Å²) < 4.78 is 24.4. The van der Waals surface area contributed by atoms with Gasteiger partial charge in [-0.05, 0) is 42.9 Å². The van der Waals surface area contributed by atoms with Gasteiger partial charge in [-0.2, -0.15) is 0 Å². The van der Waals surface area contributed by atoms with Crippen molar-refractivity contribution in [2.24, 2.45) is 11.8 Å². The molecule has 0 radical (unpaired) electrons. The fourth-order valence-corrected chi connectivity index (χ4v) is 4.66. The van der Waals surface area contributed by atoms with Crippen LogP contribution < -0.4 is 10.6 Å². The molecule has 2 N–H and O–H groups in total. The average Bonchev–Trinajstić information content (AvgIpc) is 2.53. The minimum atomic E-state index is -3.54. The predicted octanol–water partition coefficient (Wildman–Crippen LogP) is 3.12. The van der Waals surface area contributed by atoms with Crippen LogP contribution in [0.3, 0.4) is 0 Å². The number of rotatable bonds is 4. The van der Waals surface area contributed by atoms with Crippen LogP contribution in [0.2, 0.25) is 0 Å². The lowest BCUT2D eigenvalue weighted by Crippen LogP contribution is -2.47. The van der Waals surface area contributed by atoms with Gasteiger partial charge in [0, 0.05) is 16.8 Å². The molecule has 8 heteroatoms. The van der Waals surface area contributed by atoms with Crippen molar-refractivity contribution in [1.82, 2.24) is 5.32 Å². The lowest BCUT2D eigenvalue weighted by molar-refractivity contribution is -0.137. The molecule has 6 nitrogen and oxygen atoms in total. The summed E-state index contributed by atoms with van der Waals surface area (Å²) in [4.78, 5) is 24.6. The van der Waals surface area contributed by atoms with E-state index in [0.29, 0.717) is 16.3 Å². The van der Waals surface area contributed by atoms with E-state index < -0.39 is 21.7 Å². The monoisotopic (exact) mass is 444 g/mol. The molecule has 1 aromatic rings.